The average Bonchev–Trinajstić information content (AvgIpc) is 3.11. The Morgan fingerprint density at radius 3 is 2.52 bits per heavy atom. The first-order valence-electron chi connectivity index (χ1n) is 8.33. The summed E-state index contributed by atoms with van der Waals surface area (Å²) in [5.41, 5.74) is -0.0330. The Hall–Kier alpha value is -3.21. The summed E-state index contributed by atoms with van der Waals surface area (Å²) in [4.78, 5) is 21.5. The average molecular weight is 427 g/mol. The summed E-state index contributed by atoms with van der Waals surface area (Å²) in [6, 6.07) is 6.62. The van der Waals surface area contributed by atoms with Gasteiger partial charge in [-0.3, -0.25) is 10.1 Å². The van der Waals surface area contributed by atoms with Gasteiger partial charge in [0.25, 0.3) is 0 Å². The number of nitrogens with zero attached hydrogens (tertiary/aromatic N) is 5. The van der Waals surface area contributed by atoms with Gasteiger partial charge in [0, 0.05) is 24.8 Å². The van der Waals surface area contributed by atoms with Crippen molar-refractivity contribution in [1.29, 1.82) is 0 Å². The smallest absolute Gasteiger partial charge is 0.360 e. The minimum absolute atomic E-state index is 0.0320. The van der Waals surface area contributed by atoms with Crippen LogP contribution in [0.25, 0.3) is 11.4 Å². The highest BCUT2D eigenvalue weighted by atomic mass is 35.5. The lowest BCUT2D eigenvalue weighted by atomic mass is 10.1. The van der Waals surface area contributed by atoms with Gasteiger partial charge in [-0.1, -0.05) is 24.3 Å². The van der Waals surface area contributed by atoms with Gasteiger partial charge in [-0.15, -0.1) is 0 Å². The van der Waals surface area contributed by atoms with Crippen LogP contribution in [0.15, 0.2) is 36.7 Å². The number of anilines is 1. The van der Waals surface area contributed by atoms with E-state index in [0.29, 0.717) is 12.1 Å². The first-order chi connectivity index (χ1) is 13.7. The molecule has 3 rings (SSSR count). The lowest BCUT2D eigenvalue weighted by Gasteiger charge is -2.08. The van der Waals surface area contributed by atoms with Crippen LogP contribution in [0.3, 0.4) is 0 Å². The Morgan fingerprint density at radius 1 is 1.24 bits per heavy atom. The lowest BCUT2D eigenvalue weighted by molar-refractivity contribution is -0.384. The van der Waals surface area contributed by atoms with Gasteiger partial charge in [-0.2, -0.15) is 18.2 Å². The summed E-state index contributed by atoms with van der Waals surface area (Å²) in [5, 5.41) is 13.7. The molecule has 0 aliphatic carbocycles. The number of nitrogens with one attached hydrogen (secondary N) is 1. The number of aryl methyl sites for hydroxylation is 1. The molecule has 2 heterocycles. The monoisotopic (exact) mass is 426 g/mol. The van der Waals surface area contributed by atoms with Gasteiger partial charge in [0.1, 0.15) is 12.0 Å². The topological polar surface area (TPSA) is 98.8 Å². The van der Waals surface area contributed by atoms with Crippen molar-refractivity contribution in [2.24, 2.45) is 0 Å². The number of halogens is 4. The molecule has 0 bridgehead atoms. The molecule has 0 radical (unpaired) electrons. The number of imidazole rings is 1. The van der Waals surface area contributed by atoms with E-state index in [-0.39, 0.29) is 29.2 Å². The molecular formula is C17H14ClF3N6O2. The van der Waals surface area contributed by atoms with Crippen LogP contribution in [0.2, 0.25) is 5.28 Å². The second-order valence-electron chi connectivity index (χ2n) is 5.91. The Morgan fingerprint density at radius 2 is 1.93 bits per heavy atom. The Bertz CT molecular complexity index is 1040. The fourth-order valence-corrected chi connectivity index (χ4v) is 2.73. The predicted molar refractivity (Wildman–Crippen MR) is 99.4 cm³/mol. The van der Waals surface area contributed by atoms with Crippen molar-refractivity contribution in [2.75, 3.05) is 5.32 Å². The molecule has 0 aliphatic heterocycles. The van der Waals surface area contributed by atoms with Gasteiger partial charge >= 0.3 is 11.9 Å². The number of nitro groups is 1. The van der Waals surface area contributed by atoms with Crippen molar-refractivity contribution in [3.63, 3.8) is 0 Å². The number of hydrogen-bond acceptors (Lipinski definition) is 6. The lowest BCUT2D eigenvalue weighted by Crippen LogP contribution is -2.06. The van der Waals surface area contributed by atoms with E-state index in [1.807, 2.05) is 0 Å². The summed E-state index contributed by atoms with van der Waals surface area (Å²) in [5.74, 6) is 0.174. The molecule has 0 atom stereocenters. The maximum absolute atomic E-state index is 12.9. The van der Waals surface area contributed by atoms with Crippen LogP contribution in [0.1, 0.15) is 18.2 Å². The molecule has 0 fully saturated rings. The van der Waals surface area contributed by atoms with E-state index in [1.54, 1.807) is 31.2 Å². The number of alkyl halides is 3. The van der Waals surface area contributed by atoms with Crippen LogP contribution in [0.4, 0.5) is 24.7 Å². The van der Waals surface area contributed by atoms with E-state index in [2.05, 4.69) is 20.3 Å². The van der Waals surface area contributed by atoms with E-state index >= 15 is 0 Å². The maximum Gasteiger partial charge on any atom is 0.434 e. The van der Waals surface area contributed by atoms with Crippen molar-refractivity contribution in [2.45, 2.75) is 26.2 Å². The second-order valence-corrected chi connectivity index (χ2v) is 6.25. The molecule has 0 amide bonds. The molecule has 0 saturated carbocycles. The van der Waals surface area contributed by atoms with Crippen molar-refractivity contribution in [1.82, 2.24) is 19.5 Å². The maximum atomic E-state index is 12.9. The van der Waals surface area contributed by atoms with Gasteiger partial charge in [0.05, 0.1) is 4.92 Å². The highest BCUT2D eigenvalue weighted by molar-refractivity contribution is 6.28. The predicted octanol–water partition coefficient (Wildman–Crippen LogP) is 4.55. The van der Waals surface area contributed by atoms with Crippen molar-refractivity contribution in [3.05, 3.63) is 63.3 Å². The number of rotatable bonds is 6. The number of aromatic nitrogens is 4. The zero-order valence-corrected chi connectivity index (χ0v) is 15.7. The zero-order valence-electron chi connectivity index (χ0n) is 14.9. The minimum Gasteiger partial charge on any atom is -0.360 e. The van der Waals surface area contributed by atoms with E-state index in [1.165, 1.54) is 4.57 Å². The SMILES string of the molecule is CCn1cc(C(F)(F)F)nc1-c1ccc(CNc2nc(Cl)ncc2[N+](=O)[O-])cc1. The highest BCUT2D eigenvalue weighted by Crippen LogP contribution is 2.31. The molecule has 1 aromatic carbocycles. The van der Waals surface area contributed by atoms with E-state index in [4.69, 9.17) is 11.6 Å². The normalized spacial score (nSPS) is 11.5. The van der Waals surface area contributed by atoms with Gasteiger partial charge in [0.2, 0.25) is 11.1 Å². The number of hydrogen-bond donors (Lipinski definition) is 1. The van der Waals surface area contributed by atoms with Crippen LogP contribution in [0, 0.1) is 10.1 Å². The minimum atomic E-state index is -4.52. The molecule has 2 aromatic heterocycles. The number of benzene rings is 1. The summed E-state index contributed by atoms with van der Waals surface area (Å²) in [7, 11) is 0. The van der Waals surface area contributed by atoms with Gasteiger partial charge in [0.15, 0.2) is 5.69 Å². The summed E-state index contributed by atoms with van der Waals surface area (Å²) in [6.07, 6.45) is -2.54. The van der Waals surface area contributed by atoms with Gasteiger partial charge in [-0.05, 0) is 24.1 Å². The molecule has 0 spiro atoms. The second kappa shape index (κ2) is 8.03. The van der Waals surface area contributed by atoms with Crippen molar-refractivity contribution in [3.8, 4) is 11.4 Å². The van der Waals surface area contributed by atoms with E-state index in [0.717, 1.165) is 18.0 Å². The van der Waals surface area contributed by atoms with Gasteiger partial charge in [-0.25, -0.2) is 9.97 Å². The molecule has 0 unspecified atom stereocenters. The third-order valence-corrected chi connectivity index (χ3v) is 4.20. The first-order valence-corrected chi connectivity index (χ1v) is 8.71. The third kappa shape index (κ3) is 4.62. The van der Waals surface area contributed by atoms with Crippen LogP contribution < -0.4 is 5.32 Å². The van der Waals surface area contributed by atoms with Crippen molar-refractivity contribution >= 4 is 23.1 Å². The molecule has 152 valence electrons. The van der Waals surface area contributed by atoms with E-state index < -0.39 is 16.8 Å². The summed E-state index contributed by atoms with van der Waals surface area (Å²) in [6.45, 7) is 2.24. The molecule has 0 saturated heterocycles. The summed E-state index contributed by atoms with van der Waals surface area (Å²) < 4.78 is 40.2. The van der Waals surface area contributed by atoms with E-state index in [9.17, 15) is 23.3 Å². The fourth-order valence-electron chi connectivity index (χ4n) is 2.60. The highest BCUT2D eigenvalue weighted by Gasteiger charge is 2.34. The quantitative estimate of drug-likeness (QED) is 0.352. The molecule has 29 heavy (non-hydrogen) atoms. The molecular weight excluding hydrogens is 413 g/mol. The molecule has 3 aromatic rings. The standard InChI is InChI=1S/C17H14ClF3N6O2/c1-2-26-9-13(17(19,20)21)24-15(26)11-5-3-10(4-6-11)7-22-14-12(27(28)29)8-23-16(18)25-14/h3-6,8-9H,2,7H2,1H3,(H,22,23,25). The molecule has 0 aliphatic rings. The Balaban J connectivity index is 1.79. The zero-order chi connectivity index (χ0) is 21.2. The third-order valence-electron chi connectivity index (χ3n) is 4.02. The fraction of sp³-hybridized carbons (Fsp3) is 0.235. The Kier molecular flexibility index (Phi) is 5.69. The molecule has 1 N–H and O–H groups in total. The summed E-state index contributed by atoms with van der Waals surface area (Å²) >= 11 is 5.68. The van der Waals surface area contributed by atoms with Crippen LogP contribution in [-0.2, 0) is 19.3 Å². The Labute approximate surface area is 167 Å². The largest absolute Gasteiger partial charge is 0.434 e. The van der Waals surface area contributed by atoms with Crippen LogP contribution in [0.5, 0.6) is 0 Å². The van der Waals surface area contributed by atoms with Crippen LogP contribution in [-0.4, -0.2) is 24.4 Å². The molecule has 12 heteroatoms. The van der Waals surface area contributed by atoms with Crippen LogP contribution >= 0.6 is 11.6 Å². The molecule has 8 nitrogen and oxygen atoms in total. The first kappa shape index (κ1) is 20.5. The van der Waals surface area contributed by atoms with Gasteiger partial charge < -0.3 is 9.88 Å². The van der Waals surface area contributed by atoms with Crippen molar-refractivity contribution < 1.29 is 18.1 Å².